The van der Waals surface area contributed by atoms with Crippen molar-refractivity contribution in [2.24, 2.45) is 0 Å². The molecule has 2 aromatic carbocycles. The summed E-state index contributed by atoms with van der Waals surface area (Å²) in [7, 11) is 0. The van der Waals surface area contributed by atoms with Gasteiger partial charge in [-0.1, -0.05) is 60.6 Å². The van der Waals surface area contributed by atoms with E-state index < -0.39 is 0 Å². The molecule has 5 nitrogen and oxygen atoms in total. The lowest BCUT2D eigenvalue weighted by molar-refractivity contribution is 0.102. The molecular weight excluding hydrogens is 394 g/mol. The minimum Gasteiger partial charge on any atom is -0.303 e. The number of para-hydroxylation sites is 1. The van der Waals surface area contributed by atoms with Gasteiger partial charge in [-0.3, -0.25) is 14.2 Å². The summed E-state index contributed by atoms with van der Waals surface area (Å²) >= 11 is 1.35. The molecule has 1 aromatic heterocycles. The topological polar surface area (TPSA) is 55.2 Å². The number of thioether (sulfide) groups is 1. The van der Waals surface area contributed by atoms with Gasteiger partial charge < -0.3 is 4.90 Å². The highest BCUT2D eigenvalue weighted by molar-refractivity contribution is 7.99. The van der Waals surface area contributed by atoms with Crippen LogP contribution in [-0.4, -0.2) is 45.6 Å². The number of rotatable bonds is 8. The number of benzene rings is 2. The molecule has 1 aliphatic rings. The number of ketones is 1. The highest BCUT2D eigenvalue weighted by atomic mass is 32.2. The van der Waals surface area contributed by atoms with E-state index in [0.717, 1.165) is 26.1 Å². The van der Waals surface area contributed by atoms with E-state index in [-0.39, 0.29) is 17.1 Å². The molecule has 2 heterocycles. The van der Waals surface area contributed by atoms with Crippen LogP contribution in [0.1, 0.15) is 36.0 Å². The molecular formula is C24H27N3O2S. The fourth-order valence-corrected chi connectivity index (χ4v) is 4.85. The Labute approximate surface area is 181 Å². The molecule has 0 unspecified atom stereocenters. The third kappa shape index (κ3) is 4.99. The Balaban J connectivity index is 1.53. The smallest absolute Gasteiger partial charge is 0.262 e. The second-order valence-electron chi connectivity index (χ2n) is 7.70. The lowest BCUT2D eigenvalue weighted by Crippen LogP contribution is -2.32. The zero-order chi connectivity index (χ0) is 20.8. The Morgan fingerprint density at radius 3 is 2.47 bits per heavy atom. The van der Waals surface area contributed by atoms with Crippen molar-refractivity contribution in [3.05, 3.63) is 70.5 Å². The van der Waals surface area contributed by atoms with Gasteiger partial charge >= 0.3 is 0 Å². The van der Waals surface area contributed by atoms with Gasteiger partial charge in [0.25, 0.3) is 5.56 Å². The number of likely N-dealkylation sites (tertiary alicyclic amines) is 1. The molecule has 0 atom stereocenters. The molecule has 0 bridgehead atoms. The van der Waals surface area contributed by atoms with Gasteiger partial charge in [-0.25, -0.2) is 4.98 Å². The Hall–Kier alpha value is -2.44. The van der Waals surface area contributed by atoms with Gasteiger partial charge in [0.15, 0.2) is 10.9 Å². The largest absolute Gasteiger partial charge is 0.303 e. The number of nitrogens with zero attached hydrogens (tertiary/aromatic N) is 3. The normalized spacial score (nSPS) is 14.8. The first-order valence-corrected chi connectivity index (χ1v) is 11.6. The highest BCUT2D eigenvalue weighted by Crippen LogP contribution is 2.20. The zero-order valence-electron chi connectivity index (χ0n) is 17.1. The number of fused-ring (bicyclic) bond motifs is 1. The van der Waals surface area contributed by atoms with Crippen LogP contribution >= 0.6 is 11.8 Å². The fraction of sp³-hybridized carbons (Fsp3) is 0.375. The number of aromatic nitrogens is 2. The standard InChI is InChI=1S/C24H27N3O2S/c28-22(19-10-3-1-4-11-19)18-30-24-25-21-13-6-5-12-20(21)23(29)27(24)17-9-16-26-14-7-2-8-15-26/h1,3-6,10-13H,2,7-9,14-18H2. The van der Waals surface area contributed by atoms with Crippen molar-refractivity contribution in [3.63, 3.8) is 0 Å². The maximum atomic E-state index is 13.2. The first-order valence-electron chi connectivity index (χ1n) is 10.7. The van der Waals surface area contributed by atoms with Crippen LogP contribution in [0.15, 0.2) is 64.5 Å². The first kappa shape index (κ1) is 20.8. The Morgan fingerprint density at radius 2 is 1.67 bits per heavy atom. The Bertz CT molecular complexity index is 1060. The van der Waals surface area contributed by atoms with E-state index in [9.17, 15) is 9.59 Å². The van der Waals surface area contributed by atoms with Crippen LogP contribution in [-0.2, 0) is 6.54 Å². The molecule has 3 aromatic rings. The first-order chi connectivity index (χ1) is 14.7. The number of piperidine rings is 1. The third-order valence-electron chi connectivity index (χ3n) is 5.56. The van der Waals surface area contributed by atoms with E-state index in [1.54, 1.807) is 4.57 Å². The lowest BCUT2D eigenvalue weighted by Gasteiger charge is -2.26. The van der Waals surface area contributed by atoms with Gasteiger partial charge in [0.2, 0.25) is 0 Å². The molecule has 0 radical (unpaired) electrons. The fourth-order valence-electron chi connectivity index (χ4n) is 3.93. The lowest BCUT2D eigenvalue weighted by atomic mass is 10.1. The van der Waals surface area contributed by atoms with E-state index in [4.69, 9.17) is 4.98 Å². The number of carbonyl (C=O) groups excluding carboxylic acids is 1. The van der Waals surface area contributed by atoms with Crippen LogP contribution in [0, 0.1) is 0 Å². The second kappa shape index (κ2) is 10.0. The Kier molecular flexibility index (Phi) is 6.97. The molecule has 0 aliphatic carbocycles. The highest BCUT2D eigenvalue weighted by Gasteiger charge is 2.15. The SMILES string of the molecule is O=C(CSc1nc2ccccc2c(=O)n1CCCN1CCCCC1)c1ccccc1. The van der Waals surface area contributed by atoms with E-state index in [1.165, 1.54) is 31.0 Å². The van der Waals surface area contributed by atoms with E-state index in [2.05, 4.69) is 4.90 Å². The van der Waals surface area contributed by atoms with Crippen LogP contribution in [0.3, 0.4) is 0 Å². The minimum absolute atomic E-state index is 0.0195. The predicted octanol–water partition coefficient (Wildman–Crippen LogP) is 4.25. The van der Waals surface area contributed by atoms with Crippen LogP contribution in [0.25, 0.3) is 10.9 Å². The van der Waals surface area contributed by atoms with Crippen molar-refractivity contribution in [1.82, 2.24) is 14.5 Å². The summed E-state index contributed by atoms with van der Waals surface area (Å²) in [6.45, 7) is 3.91. The van der Waals surface area contributed by atoms with Gasteiger partial charge in [-0.05, 0) is 51.0 Å². The van der Waals surface area contributed by atoms with E-state index >= 15 is 0 Å². The number of hydrogen-bond donors (Lipinski definition) is 0. The summed E-state index contributed by atoms with van der Waals surface area (Å²) in [6, 6.07) is 16.7. The van der Waals surface area contributed by atoms with Crippen LogP contribution in [0.5, 0.6) is 0 Å². The molecule has 1 saturated heterocycles. The van der Waals surface area contributed by atoms with Crippen LogP contribution in [0.2, 0.25) is 0 Å². The number of hydrogen-bond acceptors (Lipinski definition) is 5. The number of carbonyl (C=O) groups is 1. The van der Waals surface area contributed by atoms with E-state index in [0.29, 0.717) is 28.2 Å². The average molecular weight is 422 g/mol. The van der Waals surface area contributed by atoms with Gasteiger partial charge in [0.05, 0.1) is 16.7 Å². The summed E-state index contributed by atoms with van der Waals surface area (Å²) in [5.41, 5.74) is 1.35. The molecule has 0 N–H and O–H groups in total. The Morgan fingerprint density at radius 1 is 0.933 bits per heavy atom. The van der Waals surface area contributed by atoms with Crippen molar-refractivity contribution in [2.75, 3.05) is 25.4 Å². The quantitative estimate of drug-likeness (QED) is 0.309. The number of Topliss-reactive ketones (excluding diaryl/α,β-unsaturated/α-hetero) is 1. The van der Waals surface area contributed by atoms with Crippen LogP contribution < -0.4 is 5.56 Å². The van der Waals surface area contributed by atoms with Gasteiger partial charge in [0, 0.05) is 12.1 Å². The third-order valence-corrected chi connectivity index (χ3v) is 6.54. The molecule has 1 fully saturated rings. The van der Waals surface area contributed by atoms with E-state index in [1.807, 2.05) is 54.6 Å². The summed E-state index contributed by atoms with van der Waals surface area (Å²) in [5.74, 6) is 0.309. The maximum Gasteiger partial charge on any atom is 0.262 e. The average Bonchev–Trinajstić information content (AvgIpc) is 2.80. The van der Waals surface area contributed by atoms with Crippen molar-refractivity contribution in [3.8, 4) is 0 Å². The zero-order valence-corrected chi connectivity index (χ0v) is 17.9. The monoisotopic (exact) mass is 421 g/mol. The molecule has 0 spiro atoms. The van der Waals surface area contributed by atoms with Crippen molar-refractivity contribution >= 4 is 28.4 Å². The van der Waals surface area contributed by atoms with Gasteiger partial charge in [-0.2, -0.15) is 0 Å². The summed E-state index contributed by atoms with van der Waals surface area (Å²) in [4.78, 5) is 32.9. The summed E-state index contributed by atoms with van der Waals surface area (Å²) < 4.78 is 1.76. The predicted molar refractivity (Wildman–Crippen MR) is 122 cm³/mol. The molecule has 156 valence electrons. The minimum atomic E-state index is -0.0195. The maximum absolute atomic E-state index is 13.2. The second-order valence-corrected chi connectivity index (χ2v) is 8.64. The summed E-state index contributed by atoms with van der Waals surface area (Å²) in [6.07, 6.45) is 4.75. The van der Waals surface area contributed by atoms with Gasteiger partial charge in [0.1, 0.15) is 0 Å². The molecule has 1 aliphatic heterocycles. The summed E-state index contributed by atoms with van der Waals surface area (Å²) in [5, 5.41) is 1.26. The molecule has 4 rings (SSSR count). The van der Waals surface area contributed by atoms with Crippen molar-refractivity contribution in [1.29, 1.82) is 0 Å². The van der Waals surface area contributed by atoms with Crippen LogP contribution in [0.4, 0.5) is 0 Å². The molecule has 0 amide bonds. The molecule has 0 saturated carbocycles. The van der Waals surface area contributed by atoms with Gasteiger partial charge in [-0.15, -0.1) is 0 Å². The molecule has 6 heteroatoms. The van der Waals surface area contributed by atoms with Crippen molar-refractivity contribution in [2.45, 2.75) is 37.4 Å². The molecule has 30 heavy (non-hydrogen) atoms. The van der Waals surface area contributed by atoms with Crippen molar-refractivity contribution < 1.29 is 4.79 Å².